The highest BCUT2D eigenvalue weighted by Gasteiger charge is 2.23. The lowest BCUT2D eigenvalue weighted by Crippen LogP contribution is -2.38. The first-order valence-electron chi connectivity index (χ1n) is 8.67. The van der Waals surface area contributed by atoms with Gasteiger partial charge in [0.1, 0.15) is 5.75 Å². The first-order valence-corrected chi connectivity index (χ1v) is 8.67. The average molecular weight is 331 g/mol. The Labute approximate surface area is 142 Å². The van der Waals surface area contributed by atoms with Gasteiger partial charge in [0.05, 0.1) is 12.3 Å². The predicted octanol–water partition coefficient (Wildman–Crippen LogP) is 2.56. The third kappa shape index (κ3) is 4.40. The SMILES string of the molecule is CC(=O)N1CCCN(C(=O)Nc2ccccc2OCC2CC2)CC1. The minimum atomic E-state index is -0.136. The highest BCUT2D eigenvalue weighted by atomic mass is 16.5. The van der Waals surface area contributed by atoms with Gasteiger partial charge in [-0.25, -0.2) is 4.79 Å². The molecule has 0 atom stereocenters. The zero-order valence-corrected chi connectivity index (χ0v) is 14.2. The van der Waals surface area contributed by atoms with Gasteiger partial charge in [0.25, 0.3) is 0 Å². The Morgan fingerprint density at radius 1 is 1.12 bits per heavy atom. The number of urea groups is 1. The van der Waals surface area contributed by atoms with Crippen molar-refractivity contribution >= 4 is 17.6 Å². The smallest absolute Gasteiger partial charge is 0.322 e. The maximum Gasteiger partial charge on any atom is 0.322 e. The molecule has 1 aliphatic heterocycles. The molecule has 1 heterocycles. The number of benzene rings is 1. The van der Waals surface area contributed by atoms with Gasteiger partial charge in [0.15, 0.2) is 0 Å². The molecular weight excluding hydrogens is 306 g/mol. The Morgan fingerprint density at radius 3 is 2.58 bits per heavy atom. The van der Waals surface area contributed by atoms with Crippen molar-refractivity contribution in [2.75, 3.05) is 38.1 Å². The summed E-state index contributed by atoms with van der Waals surface area (Å²) in [4.78, 5) is 27.6. The molecule has 1 saturated heterocycles. The van der Waals surface area contributed by atoms with E-state index >= 15 is 0 Å². The number of carbonyl (C=O) groups is 2. The molecule has 2 aliphatic rings. The van der Waals surface area contributed by atoms with Crippen LogP contribution in [0.1, 0.15) is 26.2 Å². The van der Waals surface area contributed by atoms with Crippen LogP contribution in [0.15, 0.2) is 24.3 Å². The topological polar surface area (TPSA) is 61.9 Å². The third-order valence-corrected chi connectivity index (χ3v) is 4.53. The van der Waals surface area contributed by atoms with Crippen LogP contribution in [-0.4, -0.2) is 54.5 Å². The number of rotatable bonds is 4. The lowest BCUT2D eigenvalue weighted by atomic mass is 10.3. The third-order valence-electron chi connectivity index (χ3n) is 4.53. The Morgan fingerprint density at radius 2 is 1.83 bits per heavy atom. The average Bonchev–Trinajstić information content (AvgIpc) is 3.40. The number of carbonyl (C=O) groups excluding carboxylic acids is 2. The Balaban J connectivity index is 1.58. The maximum absolute atomic E-state index is 12.6. The van der Waals surface area contributed by atoms with Crippen molar-refractivity contribution in [2.45, 2.75) is 26.2 Å². The first-order chi connectivity index (χ1) is 11.6. The van der Waals surface area contributed by atoms with Gasteiger partial charge in [-0.1, -0.05) is 12.1 Å². The van der Waals surface area contributed by atoms with E-state index in [1.165, 1.54) is 12.8 Å². The second-order valence-electron chi connectivity index (χ2n) is 6.53. The fraction of sp³-hybridized carbons (Fsp3) is 0.556. The van der Waals surface area contributed by atoms with Crippen LogP contribution in [0.25, 0.3) is 0 Å². The van der Waals surface area contributed by atoms with Crippen molar-refractivity contribution in [2.24, 2.45) is 5.92 Å². The lowest BCUT2D eigenvalue weighted by molar-refractivity contribution is -0.128. The van der Waals surface area contributed by atoms with Gasteiger partial charge in [0, 0.05) is 33.1 Å². The summed E-state index contributed by atoms with van der Waals surface area (Å²) in [6, 6.07) is 7.41. The number of hydrogen-bond donors (Lipinski definition) is 1. The lowest BCUT2D eigenvalue weighted by Gasteiger charge is -2.22. The number of ether oxygens (including phenoxy) is 1. The van der Waals surface area contributed by atoms with E-state index in [2.05, 4.69) is 5.32 Å². The summed E-state index contributed by atoms with van der Waals surface area (Å²) in [7, 11) is 0. The van der Waals surface area contributed by atoms with E-state index in [9.17, 15) is 9.59 Å². The fourth-order valence-electron chi connectivity index (χ4n) is 2.82. The molecule has 0 unspecified atom stereocenters. The zero-order valence-electron chi connectivity index (χ0n) is 14.2. The molecule has 0 radical (unpaired) electrons. The van der Waals surface area contributed by atoms with E-state index in [-0.39, 0.29) is 11.9 Å². The fourth-order valence-corrected chi connectivity index (χ4v) is 2.82. The molecule has 6 heteroatoms. The van der Waals surface area contributed by atoms with E-state index < -0.39 is 0 Å². The normalized spacial score (nSPS) is 18.0. The molecule has 1 aliphatic carbocycles. The molecule has 1 aromatic carbocycles. The van der Waals surface area contributed by atoms with Crippen LogP contribution in [0.4, 0.5) is 10.5 Å². The van der Waals surface area contributed by atoms with Gasteiger partial charge >= 0.3 is 6.03 Å². The molecule has 0 aromatic heterocycles. The van der Waals surface area contributed by atoms with Gasteiger partial charge in [-0.3, -0.25) is 4.79 Å². The summed E-state index contributed by atoms with van der Waals surface area (Å²) in [6.07, 6.45) is 3.26. The van der Waals surface area contributed by atoms with Crippen LogP contribution in [0.3, 0.4) is 0 Å². The monoisotopic (exact) mass is 331 g/mol. The molecule has 130 valence electrons. The van der Waals surface area contributed by atoms with Crippen LogP contribution in [-0.2, 0) is 4.79 Å². The number of hydrogen-bond acceptors (Lipinski definition) is 3. The summed E-state index contributed by atoms with van der Waals surface area (Å²) in [5, 5.41) is 2.95. The van der Waals surface area contributed by atoms with Crippen LogP contribution >= 0.6 is 0 Å². The maximum atomic E-state index is 12.6. The van der Waals surface area contributed by atoms with Gasteiger partial charge < -0.3 is 19.9 Å². The van der Waals surface area contributed by atoms with Gasteiger partial charge in [0.2, 0.25) is 5.91 Å². The van der Waals surface area contributed by atoms with E-state index in [1.54, 1.807) is 16.7 Å². The molecular formula is C18H25N3O3. The molecule has 0 spiro atoms. The van der Waals surface area contributed by atoms with Gasteiger partial charge in [-0.2, -0.15) is 0 Å². The summed E-state index contributed by atoms with van der Waals surface area (Å²) in [6.45, 7) is 4.79. The molecule has 1 N–H and O–H groups in total. The Kier molecular flexibility index (Phi) is 5.23. The summed E-state index contributed by atoms with van der Waals surface area (Å²) < 4.78 is 5.84. The molecule has 1 aromatic rings. The molecule has 1 saturated carbocycles. The van der Waals surface area contributed by atoms with Gasteiger partial charge in [-0.05, 0) is 37.3 Å². The van der Waals surface area contributed by atoms with Crippen LogP contribution in [0, 0.1) is 5.92 Å². The van der Waals surface area contributed by atoms with E-state index in [0.29, 0.717) is 44.4 Å². The van der Waals surface area contributed by atoms with Crippen molar-refractivity contribution < 1.29 is 14.3 Å². The van der Waals surface area contributed by atoms with Crippen molar-refractivity contribution in [3.63, 3.8) is 0 Å². The molecule has 3 rings (SSSR count). The number of nitrogens with one attached hydrogen (secondary N) is 1. The van der Waals surface area contributed by atoms with Crippen molar-refractivity contribution in [3.05, 3.63) is 24.3 Å². The molecule has 2 fully saturated rings. The van der Waals surface area contributed by atoms with Crippen LogP contribution < -0.4 is 10.1 Å². The number of para-hydroxylation sites is 2. The predicted molar refractivity (Wildman–Crippen MR) is 92.1 cm³/mol. The second-order valence-corrected chi connectivity index (χ2v) is 6.53. The molecule has 3 amide bonds. The van der Waals surface area contributed by atoms with E-state index in [4.69, 9.17) is 4.74 Å². The summed E-state index contributed by atoms with van der Waals surface area (Å²) in [5.41, 5.74) is 0.704. The number of amides is 3. The molecule has 6 nitrogen and oxygen atoms in total. The Hall–Kier alpha value is -2.24. The number of anilines is 1. The first kappa shape index (κ1) is 16.6. The second kappa shape index (κ2) is 7.55. The van der Waals surface area contributed by atoms with Gasteiger partial charge in [-0.15, -0.1) is 0 Å². The highest BCUT2D eigenvalue weighted by Crippen LogP contribution is 2.31. The standard InChI is InChI=1S/C18H25N3O3/c1-14(22)20-9-4-10-21(12-11-20)18(23)19-16-5-2-3-6-17(16)24-13-15-7-8-15/h2-3,5-6,15H,4,7-13H2,1H3,(H,19,23). The highest BCUT2D eigenvalue weighted by molar-refractivity contribution is 5.91. The molecule has 0 bridgehead atoms. The summed E-state index contributed by atoms with van der Waals surface area (Å²) in [5.74, 6) is 1.45. The Bertz CT molecular complexity index is 601. The number of nitrogens with zero attached hydrogens (tertiary/aromatic N) is 2. The van der Waals surface area contributed by atoms with Crippen LogP contribution in [0.2, 0.25) is 0 Å². The quantitative estimate of drug-likeness (QED) is 0.922. The summed E-state index contributed by atoms with van der Waals surface area (Å²) >= 11 is 0. The minimum Gasteiger partial charge on any atom is -0.491 e. The van der Waals surface area contributed by atoms with Crippen molar-refractivity contribution in [1.29, 1.82) is 0 Å². The zero-order chi connectivity index (χ0) is 16.9. The van der Waals surface area contributed by atoms with Crippen molar-refractivity contribution in [3.8, 4) is 5.75 Å². The van der Waals surface area contributed by atoms with E-state index in [1.807, 2.05) is 24.3 Å². The largest absolute Gasteiger partial charge is 0.491 e. The molecule has 24 heavy (non-hydrogen) atoms. The minimum absolute atomic E-state index is 0.0658. The van der Waals surface area contributed by atoms with Crippen LogP contribution in [0.5, 0.6) is 5.75 Å². The van der Waals surface area contributed by atoms with E-state index in [0.717, 1.165) is 12.2 Å². The van der Waals surface area contributed by atoms with Crippen molar-refractivity contribution in [1.82, 2.24) is 9.80 Å².